The zero-order valence-corrected chi connectivity index (χ0v) is 9.88. The molecule has 0 saturated carbocycles. The first-order chi connectivity index (χ1) is 7.10. The number of hydrogen-bond acceptors (Lipinski definition) is 2. The van der Waals surface area contributed by atoms with Gasteiger partial charge in [-0.15, -0.1) is 0 Å². The Morgan fingerprint density at radius 3 is 2.73 bits per heavy atom. The molecular weight excluding hydrogens is 186 g/mol. The second kappa shape index (κ2) is 5.29. The Morgan fingerprint density at radius 1 is 1.40 bits per heavy atom. The van der Waals surface area contributed by atoms with Gasteiger partial charge in [-0.2, -0.15) is 0 Å². The summed E-state index contributed by atoms with van der Waals surface area (Å²) >= 11 is 0. The molecule has 0 amide bonds. The number of benzene rings is 1. The lowest BCUT2D eigenvalue weighted by Crippen LogP contribution is -2.33. The van der Waals surface area contributed by atoms with Crippen molar-refractivity contribution in [2.24, 2.45) is 0 Å². The van der Waals surface area contributed by atoms with E-state index in [1.54, 1.807) is 0 Å². The Hall–Kier alpha value is -0.860. The summed E-state index contributed by atoms with van der Waals surface area (Å²) in [5.41, 5.74) is 1.51. The van der Waals surface area contributed by atoms with Gasteiger partial charge in [-0.3, -0.25) is 0 Å². The standard InChI is InChI=1S/C13H21NO/c1-4-6-11-7-5-8-12(9-11)13(2,15)10-14-3/h5,7-9,14-15H,4,6,10H2,1-3H3. The fourth-order valence-electron chi connectivity index (χ4n) is 1.80. The maximum absolute atomic E-state index is 10.2. The maximum atomic E-state index is 10.2. The monoisotopic (exact) mass is 207 g/mol. The summed E-state index contributed by atoms with van der Waals surface area (Å²) in [5, 5.41) is 13.2. The zero-order valence-electron chi connectivity index (χ0n) is 9.88. The third-order valence-electron chi connectivity index (χ3n) is 2.61. The van der Waals surface area contributed by atoms with Crippen molar-refractivity contribution in [2.45, 2.75) is 32.3 Å². The predicted octanol–water partition coefficient (Wildman–Crippen LogP) is 2.07. The van der Waals surface area contributed by atoms with Crippen molar-refractivity contribution in [3.63, 3.8) is 0 Å². The van der Waals surface area contributed by atoms with Crippen molar-refractivity contribution in [3.8, 4) is 0 Å². The van der Waals surface area contributed by atoms with Gasteiger partial charge >= 0.3 is 0 Å². The van der Waals surface area contributed by atoms with Gasteiger partial charge in [-0.05, 0) is 31.5 Å². The maximum Gasteiger partial charge on any atom is 0.0992 e. The topological polar surface area (TPSA) is 32.3 Å². The number of aryl methyl sites for hydroxylation is 1. The van der Waals surface area contributed by atoms with Crippen LogP contribution >= 0.6 is 0 Å². The van der Waals surface area contributed by atoms with Crippen LogP contribution in [0.25, 0.3) is 0 Å². The number of rotatable bonds is 5. The molecule has 1 aromatic carbocycles. The normalized spacial score (nSPS) is 14.9. The van der Waals surface area contributed by atoms with Gasteiger partial charge in [0.2, 0.25) is 0 Å². The second-order valence-corrected chi connectivity index (χ2v) is 4.25. The van der Waals surface area contributed by atoms with Crippen LogP contribution in [0.1, 0.15) is 31.4 Å². The van der Waals surface area contributed by atoms with Crippen molar-refractivity contribution in [2.75, 3.05) is 13.6 Å². The summed E-state index contributed by atoms with van der Waals surface area (Å²) in [4.78, 5) is 0. The number of nitrogens with one attached hydrogen (secondary N) is 1. The molecule has 2 nitrogen and oxygen atoms in total. The smallest absolute Gasteiger partial charge is 0.0992 e. The lowest BCUT2D eigenvalue weighted by molar-refractivity contribution is 0.0591. The van der Waals surface area contributed by atoms with Crippen molar-refractivity contribution in [3.05, 3.63) is 35.4 Å². The number of hydrogen-bond donors (Lipinski definition) is 2. The first kappa shape index (κ1) is 12.2. The van der Waals surface area contributed by atoms with Crippen LogP contribution in [0, 0.1) is 0 Å². The fourth-order valence-corrected chi connectivity index (χ4v) is 1.80. The minimum atomic E-state index is -0.779. The van der Waals surface area contributed by atoms with Gasteiger partial charge in [0.05, 0.1) is 5.60 Å². The Morgan fingerprint density at radius 2 is 2.13 bits per heavy atom. The molecule has 0 saturated heterocycles. The van der Waals surface area contributed by atoms with E-state index in [4.69, 9.17) is 0 Å². The molecule has 1 atom stereocenters. The molecule has 84 valence electrons. The highest BCUT2D eigenvalue weighted by molar-refractivity contribution is 5.28. The first-order valence-electron chi connectivity index (χ1n) is 5.56. The van der Waals surface area contributed by atoms with Crippen LogP contribution < -0.4 is 5.32 Å². The van der Waals surface area contributed by atoms with Crippen LogP contribution in [0.2, 0.25) is 0 Å². The molecule has 15 heavy (non-hydrogen) atoms. The Labute approximate surface area is 92.3 Å². The molecule has 0 aliphatic heterocycles. The lowest BCUT2D eigenvalue weighted by Gasteiger charge is -2.24. The molecule has 0 spiro atoms. The van der Waals surface area contributed by atoms with E-state index in [2.05, 4.69) is 24.4 Å². The van der Waals surface area contributed by atoms with Crippen molar-refractivity contribution < 1.29 is 5.11 Å². The van der Waals surface area contributed by atoms with Gasteiger partial charge in [0, 0.05) is 6.54 Å². The summed E-state index contributed by atoms with van der Waals surface area (Å²) in [7, 11) is 1.85. The molecule has 1 unspecified atom stereocenters. The SMILES string of the molecule is CCCc1cccc(C(C)(O)CNC)c1. The minimum Gasteiger partial charge on any atom is -0.384 e. The van der Waals surface area contributed by atoms with E-state index in [0.717, 1.165) is 18.4 Å². The summed E-state index contributed by atoms with van der Waals surface area (Å²) in [6, 6.07) is 8.21. The minimum absolute atomic E-state index is 0.572. The summed E-state index contributed by atoms with van der Waals surface area (Å²) < 4.78 is 0. The molecule has 1 rings (SSSR count). The predicted molar refractivity (Wildman–Crippen MR) is 63.9 cm³/mol. The van der Waals surface area contributed by atoms with Crippen LogP contribution in [0.15, 0.2) is 24.3 Å². The van der Waals surface area contributed by atoms with Crippen molar-refractivity contribution in [1.82, 2.24) is 5.32 Å². The van der Waals surface area contributed by atoms with Crippen LogP contribution in [-0.2, 0) is 12.0 Å². The Bertz CT molecular complexity index is 307. The Kier molecular flexibility index (Phi) is 4.30. The van der Waals surface area contributed by atoms with E-state index in [0.29, 0.717) is 6.54 Å². The fraction of sp³-hybridized carbons (Fsp3) is 0.538. The van der Waals surface area contributed by atoms with E-state index in [1.807, 2.05) is 26.1 Å². The average molecular weight is 207 g/mol. The molecule has 0 aliphatic rings. The van der Waals surface area contributed by atoms with Gasteiger partial charge in [0.15, 0.2) is 0 Å². The molecule has 0 heterocycles. The largest absolute Gasteiger partial charge is 0.384 e. The highest BCUT2D eigenvalue weighted by Gasteiger charge is 2.21. The van der Waals surface area contributed by atoms with Gasteiger partial charge in [0.25, 0.3) is 0 Å². The van der Waals surface area contributed by atoms with Crippen LogP contribution in [-0.4, -0.2) is 18.7 Å². The van der Waals surface area contributed by atoms with Crippen LogP contribution in [0.4, 0.5) is 0 Å². The van der Waals surface area contributed by atoms with Crippen LogP contribution in [0.3, 0.4) is 0 Å². The second-order valence-electron chi connectivity index (χ2n) is 4.25. The van der Waals surface area contributed by atoms with Crippen molar-refractivity contribution in [1.29, 1.82) is 0 Å². The number of likely N-dealkylation sites (N-methyl/N-ethyl adjacent to an activating group) is 1. The molecule has 0 aromatic heterocycles. The van der Waals surface area contributed by atoms with Gasteiger partial charge < -0.3 is 10.4 Å². The molecule has 0 bridgehead atoms. The van der Waals surface area contributed by atoms with Crippen LogP contribution in [0.5, 0.6) is 0 Å². The molecule has 2 N–H and O–H groups in total. The Balaban J connectivity index is 2.88. The van der Waals surface area contributed by atoms with E-state index in [-0.39, 0.29) is 0 Å². The molecule has 2 heteroatoms. The first-order valence-corrected chi connectivity index (χ1v) is 5.56. The molecule has 0 radical (unpaired) electrons. The highest BCUT2D eigenvalue weighted by atomic mass is 16.3. The van der Waals surface area contributed by atoms with Gasteiger partial charge in [-0.25, -0.2) is 0 Å². The highest BCUT2D eigenvalue weighted by Crippen LogP contribution is 2.21. The number of aliphatic hydroxyl groups is 1. The lowest BCUT2D eigenvalue weighted by atomic mass is 9.93. The quantitative estimate of drug-likeness (QED) is 0.774. The molecule has 0 fully saturated rings. The molecule has 1 aromatic rings. The zero-order chi connectivity index (χ0) is 11.3. The van der Waals surface area contributed by atoms with Gasteiger partial charge in [-0.1, -0.05) is 37.6 Å². The summed E-state index contributed by atoms with van der Waals surface area (Å²) in [5.74, 6) is 0. The summed E-state index contributed by atoms with van der Waals surface area (Å²) in [6.07, 6.45) is 2.21. The third kappa shape index (κ3) is 3.33. The third-order valence-corrected chi connectivity index (χ3v) is 2.61. The van der Waals surface area contributed by atoms with E-state index >= 15 is 0 Å². The van der Waals surface area contributed by atoms with Gasteiger partial charge in [0.1, 0.15) is 0 Å². The molecular formula is C13H21NO. The average Bonchev–Trinajstić information content (AvgIpc) is 2.19. The summed E-state index contributed by atoms with van der Waals surface area (Å²) in [6.45, 7) is 4.58. The molecule has 0 aliphatic carbocycles. The van der Waals surface area contributed by atoms with E-state index < -0.39 is 5.60 Å². The van der Waals surface area contributed by atoms with Crippen molar-refractivity contribution >= 4 is 0 Å². The van der Waals surface area contributed by atoms with E-state index in [9.17, 15) is 5.11 Å². The van der Waals surface area contributed by atoms with E-state index in [1.165, 1.54) is 5.56 Å².